The Morgan fingerprint density at radius 2 is 2.11 bits per heavy atom. The molecule has 136 valence electrons. The lowest BCUT2D eigenvalue weighted by Gasteiger charge is -2.05. The number of methoxy groups -OCH3 is 1. The highest BCUT2D eigenvalue weighted by atomic mass is 79.9. The monoisotopic (exact) mass is 426 g/mol. The number of aromatic nitrogens is 3. The van der Waals surface area contributed by atoms with Crippen molar-refractivity contribution in [3.63, 3.8) is 0 Å². The maximum absolute atomic E-state index is 12.9. The molecule has 4 rings (SSSR count). The van der Waals surface area contributed by atoms with Crippen molar-refractivity contribution in [3.8, 4) is 11.5 Å². The molecule has 8 heteroatoms. The Balaban J connectivity index is 1.85. The third kappa shape index (κ3) is 2.97. The van der Waals surface area contributed by atoms with E-state index in [2.05, 4.69) is 31.0 Å². The summed E-state index contributed by atoms with van der Waals surface area (Å²) in [4.78, 5) is 20.6. The first-order valence-corrected chi connectivity index (χ1v) is 8.89. The molecular weight excluding hydrogens is 412 g/mol. The Morgan fingerprint density at radius 3 is 2.89 bits per heavy atom. The predicted molar refractivity (Wildman–Crippen MR) is 108 cm³/mol. The van der Waals surface area contributed by atoms with E-state index in [0.29, 0.717) is 28.2 Å². The SMILES string of the molecule is COc1cc(C=Nn2c(C)nc3c([nH]c4ccc(Br)cc43)c2=O)ccc1O. The van der Waals surface area contributed by atoms with Crippen LogP contribution in [0.25, 0.3) is 21.9 Å². The number of ether oxygens (including phenoxy) is 1. The lowest BCUT2D eigenvalue weighted by atomic mass is 10.2. The minimum atomic E-state index is -0.285. The average Bonchev–Trinajstić information content (AvgIpc) is 3.01. The fourth-order valence-electron chi connectivity index (χ4n) is 2.92. The summed E-state index contributed by atoms with van der Waals surface area (Å²) in [7, 11) is 1.47. The summed E-state index contributed by atoms with van der Waals surface area (Å²) in [6, 6.07) is 10.5. The molecule has 0 fully saturated rings. The second-order valence-electron chi connectivity index (χ2n) is 5.99. The molecule has 0 spiro atoms. The number of hydrogen-bond donors (Lipinski definition) is 2. The van der Waals surface area contributed by atoms with Crippen LogP contribution in [0, 0.1) is 6.92 Å². The number of fused-ring (bicyclic) bond motifs is 3. The molecule has 0 atom stereocenters. The second kappa shape index (κ2) is 6.55. The van der Waals surface area contributed by atoms with Gasteiger partial charge in [-0.05, 0) is 48.9 Å². The van der Waals surface area contributed by atoms with Crippen LogP contribution in [0.4, 0.5) is 0 Å². The molecule has 2 N–H and O–H groups in total. The number of nitrogens with zero attached hydrogens (tertiary/aromatic N) is 3. The van der Waals surface area contributed by atoms with Crippen molar-refractivity contribution in [3.05, 3.63) is 62.6 Å². The van der Waals surface area contributed by atoms with Crippen LogP contribution in [-0.2, 0) is 0 Å². The molecule has 7 nitrogen and oxygen atoms in total. The van der Waals surface area contributed by atoms with Crippen molar-refractivity contribution < 1.29 is 9.84 Å². The number of nitrogens with one attached hydrogen (secondary N) is 1. The number of halogens is 1. The number of rotatable bonds is 3. The van der Waals surface area contributed by atoms with Crippen LogP contribution >= 0.6 is 15.9 Å². The van der Waals surface area contributed by atoms with E-state index in [-0.39, 0.29) is 11.3 Å². The lowest BCUT2D eigenvalue weighted by Crippen LogP contribution is -2.20. The minimum absolute atomic E-state index is 0.0373. The van der Waals surface area contributed by atoms with E-state index in [4.69, 9.17) is 4.74 Å². The first-order chi connectivity index (χ1) is 13.0. The van der Waals surface area contributed by atoms with Crippen LogP contribution in [0.3, 0.4) is 0 Å². The Hall–Kier alpha value is -3.13. The van der Waals surface area contributed by atoms with Gasteiger partial charge in [0.15, 0.2) is 11.5 Å². The molecule has 27 heavy (non-hydrogen) atoms. The van der Waals surface area contributed by atoms with Crippen molar-refractivity contribution >= 4 is 44.1 Å². The number of aromatic hydroxyl groups is 1. The van der Waals surface area contributed by atoms with E-state index in [9.17, 15) is 9.90 Å². The summed E-state index contributed by atoms with van der Waals surface area (Å²) in [5.41, 5.74) is 2.24. The first kappa shape index (κ1) is 17.3. The van der Waals surface area contributed by atoms with E-state index in [1.54, 1.807) is 19.1 Å². The standard InChI is InChI=1S/C19H15BrN4O3/c1-10-22-17-13-8-12(20)4-5-14(13)23-18(17)19(26)24(10)21-9-11-3-6-15(25)16(7-11)27-2/h3-9,23,25H,1-2H3. The molecule has 0 aliphatic heterocycles. The van der Waals surface area contributed by atoms with E-state index in [1.807, 2.05) is 18.2 Å². The molecule has 0 aliphatic rings. The van der Waals surface area contributed by atoms with Crippen LogP contribution in [0.1, 0.15) is 11.4 Å². The summed E-state index contributed by atoms with van der Waals surface area (Å²) < 4.78 is 7.24. The fraction of sp³-hybridized carbons (Fsp3) is 0.105. The third-order valence-corrected chi connectivity index (χ3v) is 4.74. The normalized spacial score (nSPS) is 11.7. The molecule has 0 saturated carbocycles. The first-order valence-electron chi connectivity index (χ1n) is 8.10. The molecular formula is C19H15BrN4O3. The Morgan fingerprint density at radius 1 is 1.30 bits per heavy atom. The van der Waals surface area contributed by atoms with Crippen molar-refractivity contribution in [2.45, 2.75) is 6.92 Å². The molecule has 0 amide bonds. The van der Waals surface area contributed by atoms with Gasteiger partial charge in [-0.3, -0.25) is 4.79 Å². The topological polar surface area (TPSA) is 92.5 Å². The Kier molecular flexibility index (Phi) is 4.19. The maximum Gasteiger partial charge on any atom is 0.298 e. The highest BCUT2D eigenvalue weighted by molar-refractivity contribution is 9.10. The number of H-pyrrole nitrogens is 1. The summed E-state index contributed by atoms with van der Waals surface area (Å²) in [6.45, 7) is 1.73. The lowest BCUT2D eigenvalue weighted by molar-refractivity contribution is 0.373. The summed E-state index contributed by atoms with van der Waals surface area (Å²) >= 11 is 3.45. The van der Waals surface area contributed by atoms with E-state index in [0.717, 1.165) is 15.4 Å². The molecule has 2 heterocycles. The van der Waals surface area contributed by atoms with Crippen LogP contribution in [0.2, 0.25) is 0 Å². The highest BCUT2D eigenvalue weighted by Crippen LogP contribution is 2.26. The van der Waals surface area contributed by atoms with Crippen LogP contribution < -0.4 is 10.3 Å². The van der Waals surface area contributed by atoms with Gasteiger partial charge in [0.25, 0.3) is 5.56 Å². The molecule has 0 unspecified atom stereocenters. The zero-order chi connectivity index (χ0) is 19.1. The summed E-state index contributed by atoms with van der Waals surface area (Å²) in [6.07, 6.45) is 1.52. The molecule has 4 aromatic rings. The number of aryl methyl sites for hydroxylation is 1. The maximum atomic E-state index is 12.9. The number of aromatic amines is 1. The van der Waals surface area contributed by atoms with Gasteiger partial charge >= 0.3 is 0 Å². The fourth-order valence-corrected chi connectivity index (χ4v) is 3.28. The second-order valence-corrected chi connectivity index (χ2v) is 6.91. The van der Waals surface area contributed by atoms with Crippen molar-refractivity contribution in [2.75, 3.05) is 7.11 Å². The summed E-state index contributed by atoms with van der Waals surface area (Å²) in [5, 5.41) is 14.8. The molecule has 0 saturated heterocycles. The van der Waals surface area contributed by atoms with Crippen molar-refractivity contribution in [2.24, 2.45) is 5.10 Å². The van der Waals surface area contributed by atoms with Crippen LogP contribution in [-0.4, -0.2) is 33.1 Å². The molecule has 0 bridgehead atoms. The summed E-state index contributed by atoms with van der Waals surface area (Å²) in [5.74, 6) is 0.837. The van der Waals surface area contributed by atoms with E-state index < -0.39 is 0 Å². The largest absolute Gasteiger partial charge is 0.504 e. The molecule has 0 aliphatic carbocycles. The quantitative estimate of drug-likeness (QED) is 0.490. The van der Waals surface area contributed by atoms with Gasteiger partial charge < -0.3 is 14.8 Å². The Bertz CT molecular complexity index is 1270. The zero-order valence-electron chi connectivity index (χ0n) is 14.5. The van der Waals surface area contributed by atoms with Crippen LogP contribution in [0.5, 0.6) is 11.5 Å². The predicted octanol–water partition coefficient (Wildman–Crippen LogP) is 3.55. The van der Waals surface area contributed by atoms with E-state index >= 15 is 0 Å². The van der Waals surface area contributed by atoms with Gasteiger partial charge in [-0.15, -0.1) is 0 Å². The van der Waals surface area contributed by atoms with Gasteiger partial charge in [0.1, 0.15) is 16.9 Å². The van der Waals surface area contributed by atoms with Gasteiger partial charge in [0.2, 0.25) is 0 Å². The highest BCUT2D eigenvalue weighted by Gasteiger charge is 2.13. The van der Waals surface area contributed by atoms with Gasteiger partial charge in [-0.25, -0.2) is 4.98 Å². The average molecular weight is 427 g/mol. The van der Waals surface area contributed by atoms with Crippen LogP contribution in [0.15, 0.2) is 50.8 Å². The molecule has 0 radical (unpaired) electrons. The van der Waals surface area contributed by atoms with Crippen molar-refractivity contribution in [1.29, 1.82) is 0 Å². The number of hydrogen-bond acceptors (Lipinski definition) is 5. The zero-order valence-corrected chi connectivity index (χ0v) is 16.1. The van der Waals surface area contributed by atoms with Gasteiger partial charge in [0, 0.05) is 15.4 Å². The van der Waals surface area contributed by atoms with Crippen molar-refractivity contribution in [1.82, 2.24) is 14.6 Å². The molecule has 2 aromatic carbocycles. The van der Waals surface area contributed by atoms with Gasteiger partial charge in [0.05, 0.1) is 13.3 Å². The number of phenolic OH excluding ortho intramolecular Hbond substituents is 1. The smallest absolute Gasteiger partial charge is 0.298 e. The number of benzene rings is 2. The van der Waals surface area contributed by atoms with Gasteiger partial charge in [-0.2, -0.15) is 9.78 Å². The number of phenols is 1. The molecule has 2 aromatic heterocycles. The van der Waals surface area contributed by atoms with Gasteiger partial charge in [-0.1, -0.05) is 15.9 Å². The minimum Gasteiger partial charge on any atom is -0.504 e. The third-order valence-electron chi connectivity index (χ3n) is 4.25. The Labute approximate surface area is 162 Å². The van der Waals surface area contributed by atoms with E-state index in [1.165, 1.54) is 24.1 Å².